The van der Waals surface area contributed by atoms with E-state index in [2.05, 4.69) is 0 Å². The monoisotopic (exact) mass is 433 g/mol. The molecule has 1 aliphatic heterocycles. The molecular formula is C17H16B3ClFNO5S. The summed E-state index contributed by atoms with van der Waals surface area (Å²) in [6.07, 6.45) is 0. The lowest BCUT2D eigenvalue weighted by Gasteiger charge is -2.26. The average molecular weight is 433 g/mol. The summed E-state index contributed by atoms with van der Waals surface area (Å²) in [7, 11) is -0.235. The zero-order chi connectivity index (χ0) is 21.6. The summed E-state index contributed by atoms with van der Waals surface area (Å²) in [5, 5.41) is 0.171. The maximum Gasteiger partial charge on any atom is 0.304 e. The molecule has 12 heteroatoms. The van der Waals surface area contributed by atoms with Gasteiger partial charge in [-0.2, -0.15) is 8.42 Å². The van der Waals surface area contributed by atoms with E-state index in [1.807, 2.05) is 0 Å². The van der Waals surface area contributed by atoms with Gasteiger partial charge in [0.25, 0.3) is 0 Å². The van der Waals surface area contributed by atoms with Gasteiger partial charge in [-0.15, -0.1) is 0 Å². The van der Waals surface area contributed by atoms with Crippen LogP contribution in [0.1, 0.15) is 11.1 Å². The van der Waals surface area contributed by atoms with E-state index in [0.29, 0.717) is 5.56 Å². The second-order valence-corrected chi connectivity index (χ2v) is 9.73. The Morgan fingerprint density at radius 1 is 1.17 bits per heavy atom. The molecule has 3 rings (SSSR count). The van der Waals surface area contributed by atoms with Crippen LogP contribution in [0.3, 0.4) is 0 Å². The molecule has 0 saturated heterocycles. The summed E-state index contributed by atoms with van der Waals surface area (Å²) < 4.78 is 49.2. The number of ketones is 1. The molecule has 148 valence electrons. The van der Waals surface area contributed by atoms with Gasteiger partial charge < -0.3 is 14.7 Å². The van der Waals surface area contributed by atoms with Crippen molar-refractivity contribution in [3.63, 3.8) is 0 Å². The molecule has 29 heavy (non-hydrogen) atoms. The standard InChI is InChI=1S/C17H16B3ClFNO5S/c18-16(11-8-10(21)6-7-12(11)22)14(24)13(15(23)27-16)28-29(25,26)17(19,20)9-4-2-1-3-5-9/h1-8H,18-20,23H2/t16-/m0/s1. The highest BCUT2D eigenvalue weighted by Gasteiger charge is 2.52. The molecule has 0 aromatic heterocycles. The maximum absolute atomic E-state index is 14.3. The lowest BCUT2D eigenvalue weighted by atomic mass is 9.65. The van der Waals surface area contributed by atoms with Gasteiger partial charge in [0.2, 0.25) is 17.4 Å². The van der Waals surface area contributed by atoms with E-state index in [4.69, 9.17) is 26.3 Å². The van der Waals surface area contributed by atoms with Crippen LogP contribution in [0.25, 0.3) is 0 Å². The van der Waals surface area contributed by atoms with E-state index in [1.54, 1.807) is 30.3 Å². The smallest absolute Gasteiger partial charge is 0.304 e. The third-order valence-electron chi connectivity index (χ3n) is 4.91. The van der Waals surface area contributed by atoms with Gasteiger partial charge >= 0.3 is 10.1 Å². The van der Waals surface area contributed by atoms with Crippen LogP contribution in [0.2, 0.25) is 5.02 Å². The maximum atomic E-state index is 14.3. The van der Waals surface area contributed by atoms with Crippen LogP contribution < -0.4 is 5.73 Å². The van der Waals surface area contributed by atoms with Crippen LogP contribution in [0.15, 0.2) is 60.2 Å². The van der Waals surface area contributed by atoms with E-state index in [1.165, 1.54) is 35.7 Å². The van der Waals surface area contributed by atoms with Crippen LogP contribution in [0.4, 0.5) is 4.39 Å². The van der Waals surface area contributed by atoms with E-state index in [9.17, 15) is 17.6 Å². The normalized spacial score (nSPS) is 19.9. The average Bonchev–Trinajstić information content (AvgIpc) is 2.88. The number of rotatable bonds is 5. The Labute approximate surface area is 175 Å². The van der Waals surface area contributed by atoms with Crippen molar-refractivity contribution in [2.24, 2.45) is 5.73 Å². The molecule has 0 radical (unpaired) electrons. The summed E-state index contributed by atoms with van der Waals surface area (Å²) in [6.45, 7) is 0. The van der Waals surface area contributed by atoms with Gasteiger partial charge in [0, 0.05) is 10.6 Å². The van der Waals surface area contributed by atoms with Crippen molar-refractivity contribution < 1.29 is 26.5 Å². The van der Waals surface area contributed by atoms with Crippen LogP contribution in [0.5, 0.6) is 0 Å². The van der Waals surface area contributed by atoms with Gasteiger partial charge in [-0.1, -0.05) is 41.9 Å². The third-order valence-corrected chi connectivity index (χ3v) is 7.01. The number of benzene rings is 2. The van der Waals surface area contributed by atoms with Crippen LogP contribution in [0, 0.1) is 5.82 Å². The number of carbonyl (C=O) groups is 1. The highest BCUT2D eigenvalue weighted by atomic mass is 35.5. The third kappa shape index (κ3) is 3.53. The molecule has 1 atom stereocenters. The first-order valence-corrected chi connectivity index (χ1v) is 10.4. The molecule has 0 aliphatic carbocycles. The molecule has 2 aromatic carbocycles. The first-order valence-electron chi connectivity index (χ1n) is 8.59. The summed E-state index contributed by atoms with van der Waals surface area (Å²) in [5.41, 5.74) is 4.10. The molecule has 0 amide bonds. The molecule has 1 aliphatic rings. The largest absolute Gasteiger partial charge is 0.467 e. The highest BCUT2D eigenvalue weighted by Crippen LogP contribution is 2.39. The Kier molecular flexibility index (Phi) is 5.25. The van der Waals surface area contributed by atoms with E-state index < -0.39 is 43.4 Å². The zero-order valence-corrected chi connectivity index (χ0v) is 17.5. The number of nitrogens with two attached hydrogens (primary N) is 1. The fourth-order valence-electron chi connectivity index (χ4n) is 2.96. The van der Waals surface area contributed by atoms with Crippen molar-refractivity contribution in [2.45, 2.75) is 10.0 Å². The SMILES string of the molecule is BC(B)(c1ccccc1)S(=O)(=O)OC1=C(N)O[C@@](B)(c2cc(Cl)ccc2F)C1=O. The quantitative estimate of drug-likeness (QED) is 0.501. The van der Waals surface area contributed by atoms with Gasteiger partial charge in [-0.25, -0.2) is 4.39 Å². The predicted octanol–water partition coefficient (Wildman–Crippen LogP) is -0.585. The van der Waals surface area contributed by atoms with Gasteiger partial charge in [0.15, 0.2) is 13.3 Å². The van der Waals surface area contributed by atoms with Crippen molar-refractivity contribution in [3.8, 4) is 0 Å². The first-order chi connectivity index (χ1) is 13.4. The molecule has 0 spiro atoms. The molecule has 0 unspecified atom stereocenters. The molecule has 0 saturated carbocycles. The lowest BCUT2D eigenvalue weighted by Crippen LogP contribution is -2.40. The van der Waals surface area contributed by atoms with Crippen LogP contribution in [-0.2, 0) is 33.9 Å². The Morgan fingerprint density at radius 2 is 1.79 bits per heavy atom. The zero-order valence-electron chi connectivity index (χ0n) is 15.9. The molecule has 0 fully saturated rings. The number of hydrogen-bond donors (Lipinski definition) is 1. The topological polar surface area (TPSA) is 95.7 Å². The number of Topliss-reactive ketones (excluding diaryl/α,β-unsaturated/α-hetero) is 1. The Balaban J connectivity index is 1.97. The molecule has 1 heterocycles. The van der Waals surface area contributed by atoms with Gasteiger partial charge in [-0.3, -0.25) is 4.79 Å². The second-order valence-electron chi connectivity index (χ2n) is 7.20. The minimum absolute atomic E-state index is 0.171. The Bertz CT molecular complexity index is 1130. The van der Waals surface area contributed by atoms with E-state index in [-0.39, 0.29) is 10.6 Å². The number of ether oxygens (including phenoxy) is 1. The minimum atomic E-state index is -4.37. The minimum Gasteiger partial charge on any atom is -0.467 e. The molecular weight excluding hydrogens is 417 g/mol. The lowest BCUT2D eigenvalue weighted by molar-refractivity contribution is -0.126. The van der Waals surface area contributed by atoms with Gasteiger partial charge in [-0.05, 0) is 23.8 Å². The van der Waals surface area contributed by atoms with Crippen molar-refractivity contribution in [1.29, 1.82) is 0 Å². The summed E-state index contributed by atoms with van der Waals surface area (Å²) in [5.74, 6) is -2.93. The molecule has 0 bridgehead atoms. The molecule has 2 aromatic rings. The number of carbonyl (C=O) groups excluding carboxylic acids is 1. The Hall–Kier alpha value is -2.39. The van der Waals surface area contributed by atoms with E-state index >= 15 is 0 Å². The van der Waals surface area contributed by atoms with Crippen molar-refractivity contribution in [1.82, 2.24) is 0 Å². The van der Waals surface area contributed by atoms with Crippen molar-refractivity contribution >= 4 is 51.0 Å². The predicted molar refractivity (Wildman–Crippen MR) is 114 cm³/mol. The number of hydrogen-bond acceptors (Lipinski definition) is 6. The fraction of sp³-hybridized carbons (Fsp3) is 0.118. The highest BCUT2D eigenvalue weighted by molar-refractivity contribution is 7.90. The van der Waals surface area contributed by atoms with Gasteiger partial charge in [0.05, 0.1) is 4.55 Å². The summed E-state index contributed by atoms with van der Waals surface area (Å²) in [4.78, 5) is 13.0. The van der Waals surface area contributed by atoms with E-state index in [0.717, 1.165) is 6.07 Å². The first kappa shape index (κ1) is 21.3. The van der Waals surface area contributed by atoms with Gasteiger partial charge in [0.1, 0.15) is 21.5 Å². The number of halogens is 2. The summed E-state index contributed by atoms with van der Waals surface area (Å²) >= 11 is 5.91. The van der Waals surface area contributed by atoms with Crippen LogP contribution >= 0.6 is 11.6 Å². The fourth-order valence-corrected chi connectivity index (χ4v) is 4.14. The second kappa shape index (κ2) is 7.14. The molecule has 6 nitrogen and oxygen atoms in total. The Morgan fingerprint density at radius 3 is 2.41 bits per heavy atom. The van der Waals surface area contributed by atoms with Crippen LogP contribution in [-0.4, -0.2) is 37.7 Å². The van der Waals surface area contributed by atoms with Crippen molar-refractivity contribution in [2.75, 3.05) is 0 Å². The molecule has 2 N–H and O–H groups in total. The van der Waals surface area contributed by atoms with Crippen molar-refractivity contribution in [3.05, 3.63) is 82.1 Å². The summed E-state index contributed by atoms with van der Waals surface area (Å²) in [6, 6.07) is 12.0.